The Morgan fingerprint density at radius 1 is 1.00 bits per heavy atom. The summed E-state index contributed by atoms with van der Waals surface area (Å²) < 4.78 is 0. The van der Waals surface area contributed by atoms with Gasteiger partial charge in [0.25, 0.3) is 0 Å². The average molecular weight is 213 g/mol. The number of aliphatic carboxylic acids is 2. The standard InChI is InChI=1S/C4H6O6.Li.Mn.H/c5-1(3(7)8)2(6)4(9)10;;;/h1-2,5-6H,(H,7,8)(H,9,10);;;/q;+1;;-1. The Hall–Kier alpha value is -0.0231. The summed E-state index contributed by atoms with van der Waals surface area (Å²) in [5, 5.41) is 32.5. The van der Waals surface area contributed by atoms with Crippen LogP contribution < -0.4 is 18.9 Å². The Bertz CT molecular complexity index is 149. The summed E-state index contributed by atoms with van der Waals surface area (Å²) in [6.07, 6.45) is -4.53. The molecule has 8 heteroatoms. The molecule has 0 bridgehead atoms. The molecular formula is C4H7LiMnO6. The second kappa shape index (κ2) is 7.62. The van der Waals surface area contributed by atoms with Gasteiger partial charge in [0.15, 0.2) is 12.2 Å². The third kappa shape index (κ3) is 5.60. The predicted molar refractivity (Wildman–Crippen MR) is 28.4 cm³/mol. The molecule has 2 atom stereocenters. The number of aliphatic hydroxyl groups is 2. The van der Waals surface area contributed by atoms with Gasteiger partial charge >= 0.3 is 30.8 Å². The van der Waals surface area contributed by atoms with E-state index in [0.29, 0.717) is 0 Å². The quantitative estimate of drug-likeness (QED) is 0.349. The second-order valence-electron chi connectivity index (χ2n) is 1.57. The molecule has 0 amide bonds. The maximum absolute atomic E-state index is 9.77. The molecule has 0 aliphatic rings. The number of carboxylic acid groups (broad SMARTS) is 2. The molecule has 0 aliphatic heterocycles. The zero-order valence-electron chi connectivity index (χ0n) is 7.14. The molecule has 0 heterocycles. The van der Waals surface area contributed by atoms with Crippen molar-refractivity contribution in [1.82, 2.24) is 0 Å². The number of hydrogen-bond acceptors (Lipinski definition) is 4. The topological polar surface area (TPSA) is 115 Å². The summed E-state index contributed by atoms with van der Waals surface area (Å²) >= 11 is 0. The van der Waals surface area contributed by atoms with E-state index in [-0.39, 0.29) is 37.4 Å². The molecule has 6 nitrogen and oxygen atoms in total. The van der Waals surface area contributed by atoms with Crippen molar-refractivity contribution in [2.24, 2.45) is 0 Å². The van der Waals surface area contributed by atoms with Gasteiger partial charge in [0.2, 0.25) is 0 Å². The van der Waals surface area contributed by atoms with Gasteiger partial charge < -0.3 is 21.9 Å². The van der Waals surface area contributed by atoms with Gasteiger partial charge in [0, 0.05) is 17.1 Å². The van der Waals surface area contributed by atoms with Crippen molar-refractivity contribution in [3.8, 4) is 0 Å². The maximum Gasteiger partial charge on any atom is 1.00 e. The summed E-state index contributed by atoms with van der Waals surface area (Å²) in [6.45, 7) is 0. The molecule has 67 valence electrons. The normalized spacial score (nSPS) is 13.2. The van der Waals surface area contributed by atoms with Gasteiger partial charge in [-0.25, -0.2) is 9.59 Å². The van der Waals surface area contributed by atoms with Crippen LogP contribution in [0.15, 0.2) is 0 Å². The zero-order valence-corrected chi connectivity index (χ0v) is 7.32. The minimum atomic E-state index is -2.27. The molecule has 0 aromatic rings. The Morgan fingerprint density at radius 3 is 1.25 bits per heavy atom. The van der Waals surface area contributed by atoms with E-state index in [0.717, 1.165) is 0 Å². The number of carboxylic acids is 2. The van der Waals surface area contributed by atoms with E-state index in [1.165, 1.54) is 0 Å². The molecule has 0 rings (SSSR count). The van der Waals surface area contributed by atoms with Crippen LogP contribution in [-0.4, -0.2) is 44.6 Å². The molecule has 0 spiro atoms. The first-order valence-electron chi connectivity index (χ1n) is 2.28. The SMILES string of the molecule is O=C(O)C(O)C(O)C(=O)O.[H-].[Li+].[Mn]. The maximum atomic E-state index is 9.77. The first kappa shape index (κ1) is 17.9. The van der Waals surface area contributed by atoms with E-state index in [4.69, 9.17) is 20.4 Å². The van der Waals surface area contributed by atoms with Crippen LogP contribution in [0, 0.1) is 0 Å². The summed E-state index contributed by atoms with van der Waals surface area (Å²) in [6, 6.07) is 0. The molecular weight excluding hydrogens is 206 g/mol. The van der Waals surface area contributed by atoms with E-state index in [9.17, 15) is 9.59 Å². The van der Waals surface area contributed by atoms with Gasteiger partial charge in [-0.2, -0.15) is 0 Å². The monoisotopic (exact) mass is 213 g/mol. The van der Waals surface area contributed by atoms with Gasteiger partial charge in [0.1, 0.15) is 0 Å². The molecule has 0 fully saturated rings. The number of rotatable bonds is 3. The van der Waals surface area contributed by atoms with Crippen molar-refractivity contribution in [1.29, 1.82) is 0 Å². The molecule has 1 radical (unpaired) electrons. The van der Waals surface area contributed by atoms with Crippen LogP contribution in [0.2, 0.25) is 0 Å². The van der Waals surface area contributed by atoms with Crippen LogP contribution in [0.4, 0.5) is 0 Å². The summed E-state index contributed by atoms with van der Waals surface area (Å²) in [5.74, 6) is -3.54. The van der Waals surface area contributed by atoms with Gasteiger partial charge in [-0.15, -0.1) is 0 Å². The van der Waals surface area contributed by atoms with Crippen LogP contribution in [0.1, 0.15) is 1.43 Å². The van der Waals surface area contributed by atoms with Gasteiger partial charge in [-0.1, -0.05) is 0 Å². The fourth-order valence-electron chi connectivity index (χ4n) is 0.270. The van der Waals surface area contributed by atoms with Crippen molar-refractivity contribution >= 4 is 11.9 Å². The molecule has 0 saturated carbocycles. The number of carbonyl (C=O) groups is 2. The summed E-state index contributed by atoms with van der Waals surface area (Å²) in [5.41, 5.74) is 0. The molecule has 0 aliphatic carbocycles. The smallest absolute Gasteiger partial charge is 1.00 e. The van der Waals surface area contributed by atoms with E-state index >= 15 is 0 Å². The fourth-order valence-corrected chi connectivity index (χ4v) is 0.270. The van der Waals surface area contributed by atoms with Crippen LogP contribution in [0.3, 0.4) is 0 Å². The zero-order chi connectivity index (χ0) is 8.31. The first-order chi connectivity index (χ1) is 4.46. The summed E-state index contributed by atoms with van der Waals surface area (Å²) in [4.78, 5) is 19.5. The largest absolute Gasteiger partial charge is 1.00 e. The third-order valence-corrected chi connectivity index (χ3v) is 0.805. The molecule has 0 saturated heterocycles. The molecule has 0 aromatic carbocycles. The second-order valence-corrected chi connectivity index (χ2v) is 1.57. The Kier molecular flexibility index (Phi) is 11.4. The van der Waals surface area contributed by atoms with Crippen LogP contribution in [0.25, 0.3) is 0 Å². The van der Waals surface area contributed by atoms with E-state index < -0.39 is 24.1 Å². The molecule has 0 aromatic heterocycles. The van der Waals surface area contributed by atoms with Crippen molar-refractivity contribution in [2.45, 2.75) is 12.2 Å². The van der Waals surface area contributed by atoms with E-state index in [2.05, 4.69) is 0 Å². The Balaban J connectivity index is -0.000000135. The van der Waals surface area contributed by atoms with Crippen molar-refractivity contribution < 1.29 is 67.4 Å². The minimum Gasteiger partial charge on any atom is -1.00 e. The van der Waals surface area contributed by atoms with Crippen molar-refractivity contribution in [2.75, 3.05) is 0 Å². The van der Waals surface area contributed by atoms with Crippen LogP contribution >= 0.6 is 0 Å². The van der Waals surface area contributed by atoms with Crippen LogP contribution in [-0.2, 0) is 26.7 Å². The van der Waals surface area contributed by atoms with E-state index in [1.807, 2.05) is 0 Å². The number of hydrogen-bond donors (Lipinski definition) is 4. The fraction of sp³-hybridized carbons (Fsp3) is 0.500. The Morgan fingerprint density at radius 2 is 1.17 bits per heavy atom. The molecule has 4 N–H and O–H groups in total. The Labute approximate surface area is 91.7 Å². The number of aliphatic hydroxyl groups excluding tert-OH is 2. The van der Waals surface area contributed by atoms with Crippen molar-refractivity contribution in [3.05, 3.63) is 0 Å². The molecule has 2 unspecified atom stereocenters. The van der Waals surface area contributed by atoms with Gasteiger partial charge in [0.05, 0.1) is 0 Å². The average Bonchev–Trinajstić information content (AvgIpc) is 1.84. The predicted octanol–water partition coefficient (Wildman–Crippen LogP) is -5.01. The minimum absolute atomic E-state index is 0. The summed E-state index contributed by atoms with van der Waals surface area (Å²) in [7, 11) is 0. The first-order valence-corrected chi connectivity index (χ1v) is 2.28. The van der Waals surface area contributed by atoms with Crippen LogP contribution in [0.5, 0.6) is 0 Å². The molecule has 12 heavy (non-hydrogen) atoms. The van der Waals surface area contributed by atoms with E-state index in [1.54, 1.807) is 0 Å². The third-order valence-electron chi connectivity index (χ3n) is 0.805. The van der Waals surface area contributed by atoms with Crippen molar-refractivity contribution in [3.63, 3.8) is 0 Å². The van der Waals surface area contributed by atoms with Gasteiger partial charge in [-0.05, 0) is 0 Å². The van der Waals surface area contributed by atoms with Gasteiger partial charge in [-0.3, -0.25) is 0 Å².